The van der Waals surface area contributed by atoms with Crippen LogP contribution in [0.25, 0.3) is 0 Å². The first-order valence-corrected chi connectivity index (χ1v) is 1.35. The van der Waals surface area contributed by atoms with Gasteiger partial charge in [0.25, 0.3) is 0 Å². The van der Waals surface area contributed by atoms with E-state index in [4.69, 9.17) is 0 Å². The van der Waals surface area contributed by atoms with Crippen molar-refractivity contribution in [2.75, 3.05) is 6.54 Å². The molecule has 0 aromatic carbocycles. The van der Waals surface area contributed by atoms with Crippen molar-refractivity contribution in [3.05, 3.63) is 5.21 Å². The van der Waals surface area contributed by atoms with Gasteiger partial charge in [0.15, 0.2) is 0 Å². The number of hydrogen-bond acceptors (Lipinski definition) is 1. The van der Waals surface area contributed by atoms with E-state index in [2.05, 4.69) is 0 Å². The van der Waals surface area contributed by atoms with Crippen molar-refractivity contribution in [3.8, 4) is 0 Å². The molecular formula is C2H7NO. The van der Waals surface area contributed by atoms with Crippen LogP contribution in [0.3, 0.4) is 0 Å². The highest BCUT2D eigenvalue weighted by Gasteiger charge is 1.47. The van der Waals surface area contributed by atoms with Gasteiger partial charge < -0.3 is 10.7 Å². The van der Waals surface area contributed by atoms with Crippen molar-refractivity contribution in [3.63, 3.8) is 0 Å². The molecule has 0 spiro atoms. The Morgan fingerprint density at radius 1 is 2.00 bits per heavy atom. The van der Waals surface area contributed by atoms with E-state index in [9.17, 15) is 5.21 Å². The summed E-state index contributed by atoms with van der Waals surface area (Å²) >= 11 is 0. The molecule has 0 radical (unpaired) electrons. The van der Waals surface area contributed by atoms with Gasteiger partial charge >= 0.3 is 0 Å². The van der Waals surface area contributed by atoms with Crippen LogP contribution >= 0.6 is 0 Å². The first-order valence-electron chi connectivity index (χ1n) is 1.35. The van der Waals surface area contributed by atoms with E-state index >= 15 is 0 Å². The molecule has 0 aliphatic heterocycles. The van der Waals surface area contributed by atoms with Crippen LogP contribution < -0.4 is 5.48 Å². The molecule has 0 fully saturated rings. The highest BCUT2D eigenvalue weighted by atomic mass is 16.5. The van der Waals surface area contributed by atoms with Crippen molar-refractivity contribution in [2.24, 2.45) is 0 Å². The molecule has 0 aromatic heterocycles. The molecule has 0 aliphatic rings. The molecule has 2 nitrogen and oxygen atoms in total. The monoisotopic (exact) mass is 61.1 g/mol. The highest BCUT2D eigenvalue weighted by molar-refractivity contribution is 3.93. The molecule has 26 valence electrons. The van der Waals surface area contributed by atoms with Crippen molar-refractivity contribution in [1.82, 2.24) is 0 Å². The van der Waals surface area contributed by atoms with Gasteiger partial charge in [0.1, 0.15) is 0 Å². The summed E-state index contributed by atoms with van der Waals surface area (Å²) in [6.07, 6.45) is 0. The zero-order valence-corrected chi connectivity index (χ0v) is 2.69. The van der Waals surface area contributed by atoms with Crippen LogP contribution in [0.1, 0.15) is 6.92 Å². The summed E-state index contributed by atoms with van der Waals surface area (Å²) < 4.78 is 0. The lowest BCUT2D eigenvalue weighted by Crippen LogP contribution is -2.76. The molecule has 2 N–H and O–H groups in total. The maximum atomic E-state index is 9.17. The summed E-state index contributed by atoms with van der Waals surface area (Å²) in [6, 6.07) is 0. The minimum Gasteiger partial charge on any atom is -0.636 e. The fourth-order valence-electron chi connectivity index (χ4n) is 0. The first kappa shape index (κ1) is 3.92. The lowest BCUT2D eigenvalue weighted by atomic mass is 10.8. The summed E-state index contributed by atoms with van der Waals surface area (Å²) in [4.78, 5) is 0. The van der Waals surface area contributed by atoms with Crippen LogP contribution in [0.4, 0.5) is 0 Å². The molecule has 0 atom stereocenters. The lowest BCUT2D eigenvalue weighted by Gasteiger charge is -1.89. The number of quaternary nitrogens is 1. The summed E-state index contributed by atoms with van der Waals surface area (Å²) in [5.41, 5.74) is 0.875. The number of hydroxylamine groups is 1. The Hall–Kier alpha value is -0.0800. The Labute approximate surface area is 25.4 Å². The fraction of sp³-hybridized carbons (Fsp3) is 1.00. The lowest BCUT2D eigenvalue weighted by molar-refractivity contribution is -0.585. The standard InChI is InChI=1S/C2H7NO/c1-2-3-4/h2-3H2,1H3. The fourth-order valence-corrected chi connectivity index (χ4v) is 0. The molecule has 0 bridgehead atoms. The van der Waals surface area contributed by atoms with Gasteiger partial charge in [-0.1, -0.05) is 0 Å². The quantitative estimate of drug-likeness (QED) is 0.391. The minimum absolute atomic E-state index is 0.639. The average Bonchev–Trinajstić information content (AvgIpc) is 1.37. The Bertz CT molecular complexity index is 8.00. The third-order valence-corrected chi connectivity index (χ3v) is 0.167. The third kappa shape index (κ3) is 1.92. The normalized spacial score (nSPS) is 7.50. The number of nitrogens with two attached hydrogens (primary N) is 1. The molecule has 0 aromatic rings. The zero-order valence-electron chi connectivity index (χ0n) is 2.69. The minimum atomic E-state index is 0.639. The van der Waals surface area contributed by atoms with Crippen LogP contribution in [-0.2, 0) is 0 Å². The molecule has 2 heteroatoms. The summed E-state index contributed by atoms with van der Waals surface area (Å²) in [5.74, 6) is 0. The largest absolute Gasteiger partial charge is 0.636 e. The molecule has 4 heavy (non-hydrogen) atoms. The molecule has 0 unspecified atom stereocenters. The SMILES string of the molecule is CC[NH2+][O-]. The maximum Gasteiger partial charge on any atom is 0.0723 e. The first-order chi connectivity index (χ1) is 1.91. The van der Waals surface area contributed by atoms with E-state index in [0.717, 1.165) is 5.48 Å². The summed E-state index contributed by atoms with van der Waals surface area (Å²) in [5, 5.41) is 9.17. The summed E-state index contributed by atoms with van der Waals surface area (Å²) in [7, 11) is 0. The Balaban J connectivity index is 1.97. The van der Waals surface area contributed by atoms with Gasteiger partial charge in [-0.15, -0.1) is 0 Å². The van der Waals surface area contributed by atoms with Crippen molar-refractivity contribution in [1.29, 1.82) is 0 Å². The van der Waals surface area contributed by atoms with Crippen molar-refractivity contribution in [2.45, 2.75) is 6.92 Å². The average molecular weight is 61.1 g/mol. The van der Waals surface area contributed by atoms with Gasteiger partial charge in [0.2, 0.25) is 0 Å². The summed E-state index contributed by atoms with van der Waals surface area (Å²) in [6.45, 7) is 2.45. The van der Waals surface area contributed by atoms with Gasteiger partial charge in [-0.05, 0) is 6.92 Å². The Morgan fingerprint density at radius 3 is 2.25 bits per heavy atom. The zero-order chi connectivity index (χ0) is 3.41. The predicted octanol–water partition coefficient (Wildman–Crippen LogP) is -0.932. The molecule has 0 saturated carbocycles. The van der Waals surface area contributed by atoms with E-state index in [-0.39, 0.29) is 0 Å². The van der Waals surface area contributed by atoms with Gasteiger partial charge in [-0.3, -0.25) is 0 Å². The van der Waals surface area contributed by atoms with E-state index in [1.54, 1.807) is 0 Å². The van der Waals surface area contributed by atoms with Crippen molar-refractivity contribution >= 4 is 0 Å². The van der Waals surface area contributed by atoms with Crippen LogP contribution in [0.2, 0.25) is 0 Å². The van der Waals surface area contributed by atoms with Crippen LogP contribution in [0.5, 0.6) is 0 Å². The van der Waals surface area contributed by atoms with E-state index in [1.165, 1.54) is 0 Å². The Morgan fingerprint density at radius 2 is 2.25 bits per heavy atom. The second-order valence-corrected chi connectivity index (χ2v) is 0.575. The van der Waals surface area contributed by atoms with E-state index < -0.39 is 0 Å². The van der Waals surface area contributed by atoms with E-state index in [1.807, 2.05) is 6.92 Å². The van der Waals surface area contributed by atoms with Gasteiger partial charge in [0, 0.05) is 0 Å². The molecular weight excluding hydrogens is 54.0 g/mol. The Kier molecular flexibility index (Phi) is 2.86. The third-order valence-electron chi connectivity index (χ3n) is 0.167. The topological polar surface area (TPSA) is 39.7 Å². The number of rotatable bonds is 1. The maximum absolute atomic E-state index is 9.17. The van der Waals surface area contributed by atoms with E-state index in [0.29, 0.717) is 6.54 Å². The molecule has 0 saturated heterocycles. The van der Waals surface area contributed by atoms with Gasteiger partial charge in [0.05, 0.1) is 6.54 Å². The molecule has 0 heterocycles. The van der Waals surface area contributed by atoms with Gasteiger partial charge in [-0.2, -0.15) is 0 Å². The second kappa shape index (κ2) is 2.92. The van der Waals surface area contributed by atoms with Crippen molar-refractivity contribution < 1.29 is 5.48 Å². The number of hydrogen-bond donors (Lipinski definition) is 1. The van der Waals surface area contributed by atoms with Crippen LogP contribution in [0, 0.1) is 5.21 Å². The van der Waals surface area contributed by atoms with Gasteiger partial charge in [-0.25, -0.2) is 0 Å². The molecule has 0 rings (SSSR count). The van der Waals surface area contributed by atoms with Crippen LogP contribution in [0.15, 0.2) is 0 Å². The van der Waals surface area contributed by atoms with Crippen LogP contribution in [-0.4, -0.2) is 6.54 Å². The predicted molar refractivity (Wildman–Crippen MR) is 15.8 cm³/mol. The highest BCUT2D eigenvalue weighted by Crippen LogP contribution is 1.19. The molecule has 0 aliphatic carbocycles. The second-order valence-electron chi connectivity index (χ2n) is 0.575. The molecule has 0 amide bonds. The smallest absolute Gasteiger partial charge is 0.0723 e.